The van der Waals surface area contributed by atoms with Gasteiger partial charge in [0, 0.05) is 6.54 Å². The molecule has 0 radical (unpaired) electrons. The number of thiophene rings is 1. The fraction of sp³-hybridized carbons (Fsp3) is 0.111. The normalized spacial score (nSPS) is 10.1. The predicted molar refractivity (Wildman–Crippen MR) is 60.9 cm³/mol. The molecule has 2 aromatic rings. The van der Waals surface area contributed by atoms with Crippen LogP contribution in [0, 0.1) is 0 Å². The van der Waals surface area contributed by atoms with Gasteiger partial charge in [0.15, 0.2) is 0 Å². The number of anilines is 2. The van der Waals surface area contributed by atoms with E-state index < -0.39 is 0 Å². The van der Waals surface area contributed by atoms with Gasteiger partial charge in [-0.1, -0.05) is 0 Å². The van der Waals surface area contributed by atoms with E-state index >= 15 is 0 Å². The van der Waals surface area contributed by atoms with Crippen molar-refractivity contribution >= 4 is 23.0 Å². The Bertz CT molecular complexity index is 491. The van der Waals surface area contributed by atoms with Gasteiger partial charge < -0.3 is 11.1 Å². The molecule has 0 aliphatic rings. The van der Waals surface area contributed by atoms with Crippen LogP contribution in [0.2, 0.25) is 0 Å². The van der Waals surface area contributed by atoms with Gasteiger partial charge in [0.1, 0.15) is 5.69 Å². The maximum Gasteiger partial charge on any atom is 0.275 e. The molecule has 0 fully saturated rings. The molecule has 0 aliphatic carbocycles. The molecule has 0 aromatic carbocycles. The van der Waals surface area contributed by atoms with Gasteiger partial charge in [-0.2, -0.15) is 11.3 Å². The number of hydrogen-bond donors (Lipinski definition) is 3. The first-order valence-electron chi connectivity index (χ1n) is 4.35. The van der Waals surface area contributed by atoms with Crippen LogP contribution in [0.25, 0.3) is 0 Å². The van der Waals surface area contributed by atoms with Crippen molar-refractivity contribution in [2.75, 3.05) is 11.1 Å². The number of aromatic nitrogens is 2. The number of nitrogens with two attached hydrogens (primary N) is 1. The molecular weight excluding hydrogens is 212 g/mol. The van der Waals surface area contributed by atoms with Gasteiger partial charge in [-0.3, -0.25) is 9.78 Å². The van der Waals surface area contributed by atoms with Crippen molar-refractivity contribution in [3.05, 3.63) is 38.9 Å². The zero-order chi connectivity index (χ0) is 10.7. The quantitative estimate of drug-likeness (QED) is 0.724. The number of nitrogens with one attached hydrogen (secondary N) is 2. The number of nitrogen functional groups attached to an aromatic ring is 1. The zero-order valence-electron chi connectivity index (χ0n) is 7.86. The maximum atomic E-state index is 11.1. The van der Waals surface area contributed by atoms with E-state index in [0.717, 1.165) is 5.56 Å². The molecule has 2 rings (SSSR count). The van der Waals surface area contributed by atoms with Crippen LogP contribution in [0.4, 0.5) is 11.6 Å². The minimum Gasteiger partial charge on any atom is -0.393 e. The molecule has 78 valence electrons. The average molecular weight is 222 g/mol. The lowest BCUT2D eigenvalue weighted by Crippen LogP contribution is -2.15. The molecule has 2 heterocycles. The minimum absolute atomic E-state index is 0.121. The first-order chi connectivity index (χ1) is 7.25. The summed E-state index contributed by atoms with van der Waals surface area (Å²) in [7, 11) is 0. The van der Waals surface area contributed by atoms with Gasteiger partial charge >= 0.3 is 0 Å². The number of H-pyrrole nitrogens is 1. The molecule has 5 nitrogen and oxygen atoms in total. The third kappa shape index (κ3) is 2.35. The van der Waals surface area contributed by atoms with Crippen LogP contribution in [0.1, 0.15) is 5.56 Å². The molecule has 6 heteroatoms. The van der Waals surface area contributed by atoms with E-state index in [1.807, 2.05) is 16.8 Å². The summed E-state index contributed by atoms with van der Waals surface area (Å²) in [5.74, 6) is 0.431. The summed E-state index contributed by atoms with van der Waals surface area (Å²) in [6, 6.07) is 2.01. The molecule has 0 bridgehead atoms. The van der Waals surface area contributed by atoms with Gasteiger partial charge in [0.25, 0.3) is 5.56 Å². The monoisotopic (exact) mass is 222 g/mol. The second kappa shape index (κ2) is 4.14. The summed E-state index contributed by atoms with van der Waals surface area (Å²) < 4.78 is 0. The van der Waals surface area contributed by atoms with Gasteiger partial charge in [0.05, 0.1) is 6.20 Å². The Morgan fingerprint density at radius 1 is 1.60 bits per heavy atom. The summed E-state index contributed by atoms with van der Waals surface area (Å²) in [5.41, 5.74) is 6.30. The number of aromatic amines is 1. The Morgan fingerprint density at radius 2 is 2.47 bits per heavy atom. The number of rotatable bonds is 3. The summed E-state index contributed by atoms with van der Waals surface area (Å²) in [4.78, 5) is 17.6. The topological polar surface area (TPSA) is 83.8 Å². The first-order valence-corrected chi connectivity index (χ1v) is 5.30. The molecular formula is C9H10N4OS. The second-order valence-electron chi connectivity index (χ2n) is 3.00. The molecule has 4 N–H and O–H groups in total. The van der Waals surface area contributed by atoms with E-state index in [4.69, 9.17) is 5.73 Å². The number of hydrogen-bond acceptors (Lipinski definition) is 5. The molecule has 0 spiro atoms. The Hall–Kier alpha value is -1.82. The van der Waals surface area contributed by atoms with E-state index in [9.17, 15) is 4.79 Å². The lowest BCUT2D eigenvalue weighted by Gasteiger charge is -2.03. The van der Waals surface area contributed by atoms with Crippen LogP contribution in [0.15, 0.2) is 27.8 Å². The lowest BCUT2D eigenvalue weighted by molar-refractivity contribution is 1.04. The van der Waals surface area contributed by atoms with Gasteiger partial charge in [-0.15, -0.1) is 0 Å². The van der Waals surface area contributed by atoms with Crippen LogP contribution in [-0.2, 0) is 6.54 Å². The molecule has 2 aromatic heterocycles. The molecule has 0 unspecified atom stereocenters. The molecule has 0 atom stereocenters. The smallest absolute Gasteiger partial charge is 0.275 e. The van der Waals surface area contributed by atoms with Crippen molar-refractivity contribution in [2.45, 2.75) is 6.54 Å². The third-order valence-corrected chi connectivity index (χ3v) is 2.60. The molecule has 0 aliphatic heterocycles. The van der Waals surface area contributed by atoms with Crippen molar-refractivity contribution < 1.29 is 0 Å². The molecule has 0 amide bonds. The van der Waals surface area contributed by atoms with Crippen LogP contribution < -0.4 is 16.6 Å². The summed E-state index contributed by atoms with van der Waals surface area (Å²) >= 11 is 1.63. The van der Waals surface area contributed by atoms with E-state index in [1.54, 1.807) is 11.3 Å². The Morgan fingerprint density at radius 3 is 3.13 bits per heavy atom. The van der Waals surface area contributed by atoms with Crippen molar-refractivity contribution in [2.24, 2.45) is 0 Å². The van der Waals surface area contributed by atoms with Crippen molar-refractivity contribution in [3.63, 3.8) is 0 Å². The van der Waals surface area contributed by atoms with Crippen LogP contribution in [0.3, 0.4) is 0 Å². The third-order valence-electron chi connectivity index (χ3n) is 1.87. The Kier molecular flexibility index (Phi) is 2.68. The standard InChI is InChI=1S/C9H10N4OS/c10-7-4-12-9(13-8(7)14)11-3-6-1-2-15-5-6/h1-2,4-5H,3,10H2,(H2,11,12,13,14). The molecule has 0 saturated heterocycles. The van der Waals surface area contributed by atoms with E-state index in [0.29, 0.717) is 12.5 Å². The van der Waals surface area contributed by atoms with Gasteiger partial charge in [-0.25, -0.2) is 4.98 Å². The van der Waals surface area contributed by atoms with Crippen molar-refractivity contribution in [1.29, 1.82) is 0 Å². The summed E-state index contributed by atoms with van der Waals surface area (Å²) in [6.07, 6.45) is 1.34. The summed E-state index contributed by atoms with van der Waals surface area (Å²) in [6.45, 7) is 0.635. The lowest BCUT2D eigenvalue weighted by atomic mass is 10.3. The Labute approximate surface area is 90.0 Å². The predicted octanol–water partition coefficient (Wildman–Crippen LogP) is 1.03. The van der Waals surface area contributed by atoms with Crippen LogP contribution in [-0.4, -0.2) is 9.97 Å². The highest BCUT2D eigenvalue weighted by molar-refractivity contribution is 7.07. The van der Waals surface area contributed by atoms with E-state index in [1.165, 1.54) is 6.20 Å². The molecule has 0 saturated carbocycles. The highest BCUT2D eigenvalue weighted by Gasteiger charge is 1.98. The fourth-order valence-electron chi connectivity index (χ4n) is 1.07. The van der Waals surface area contributed by atoms with E-state index in [2.05, 4.69) is 15.3 Å². The highest BCUT2D eigenvalue weighted by atomic mass is 32.1. The minimum atomic E-state index is -0.321. The number of nitrogens with zero attached hydrogens (tertiary/aromatic N) is 1. The second-order valence-corrected chi connectivity index (χ2v) is 3.78. The average Bonchev–Trinajstić information content (AvgIpc) is 2.73. The van der Waals surface area contributed by atoms with Gasteiger partial charge in [-0.05, 0) is 22.4 Å². The van der Waals surface area contributed by atoms with Crippen LogP contribution >= 0.6 is 11.3 Å². The van der Waals surface area contributed by atoms with Crippen molar-refractivity contribution in [1.82, 2.24) is 9.97 Å². The van der Waals surface area contributed by atoms with E-state index in [-0.39, 0.29) is 11.2 Å². The van der Waals surface area contributed by atoms with Crippen LogP contribution in [0.5, 0.6) is 0 Å². The largest absolute Gasteiger partial charge is 0.393 e. The first kappa shape index (κ1) is 9.72. The SMILES string of the molecule is Nc1cnc(NCc2ccsc2)[nH]c1=O. The highest BCUT2D eigenvalue weighted by Crippen LogP contribution is 2.07. The van der Waals surface area contributed by atoms with Crippen molar-refractivity contribution in [3.8, 4) is 0 Å². The fourth-order valence-corrected chi connectivity index (χ4v) is 1.74. The zero-order valence-corrected chi connectivity index (χ0v) is 8.67. The maximum absolute atomic E-state index is 11.1. The summed E-state index contributed by atoms with van der Waals surface area (Å²) in [5, 5.41) is 7.03. The molecule has 15 heavy (non-hydrogen) atoms. The Balaban J connectivity index is 2.06. The van der Waals surface area contributed by atoms with Gasteiger partial charge in [0.2, 0.25) is 5.95 Å².